The Morgan fingerprint density at radius 2 is 2.21 bits per heavy atom. The lowest BCUT2D eigenvalue weighted by molar-refractivity contribution is 0.508. The highest BCUT2D eigenvalue weighted by atomic mass is 14.9. The molecule has 1 rings (SSSR count). The van der Waals surface area contributed by atoms with E-state index in [0.29, 0.717) is 6.04 Å². The van der Waals surface area contributed by atoms with Gasteiger partial charge < -0.3 is 9.88 Å². The van der Waals surface area contributed by atoms with Crippen LogP contribution in [0.1, 0.15) is 39.2 Å². The van der Waals surface area contributed by atoms with Crippen molar-refractivity contribution in [1.82, 2.24) is 9.88 Å². The first-order valence-corrected chi connectivity index (χ1v) is 5.64. The van der Waals surface area contributed by atoms with Crippen LogP contribution in [0.5, 0.6) is 0 Å². The molecule has 0 bridgehead atoms. The molecule has 0 aliphatic heterocycles. The average Bonchev–Trinajstić information content (AvgIpc) is 2.63. The van der Waals surface area contributed by atoms with E-state index in [-0.39, 0.29) is 0 Å². The van der Waals surface area contributed by atoms with Crippen molar-refractivity contribution in [2.75, 3.05) is 0 Å². The number of rotatable bonds is 6. The summed E-state index contributed by atoms with van der Waals surface area (Å²) < 4.78 is 2.21. The minimum absolute atomic E-state index is 0.630. The number of hydrogen-bond donors (Lipinski definition) is 1. The van der Waals surface area contributed by atoms with E-state index in [2.05, 4.69) is 49.1 Å². The lowest BCUT2D eigenvalue weighted by Crippen LogP contribution is -2.24. The van der Waals surface area contributed by atoms with E-state index in [1.54, 1.807) is 0 Å². The summed E-state index contributed by atoms with van der Waals surface area (Å²) in [4.78, 5) is 0. The Morgan fingerprint density at radius 3 is 2.79 bits per heavy atom. The quantitative estimate of drug-likeness (QED) is 0.737. The lowest BCUT2D eigenvalue weighted by atomic mass is 10.2. The van der Waals surface area contributed by atoms with E-state index in [1.807, 2.05) is 0 Å². The van der Waals surface area contributed by atoms with Gasteiger partial charge in [-0.1, -0.05) is 13.3 Å². The molecular weight excluding hydrogens is 172 g/mol. The summed E-state index contributed by atoms with van der Waals surface area (Å²) in [6.07, 6.45) is 6.87. The molecule has 2 heteroatoms. The van der Waals surface area contributed by atoms with Crippen molar-refractivity contribution < 1.29 is 0 Å². The second-order valence-corrected chi connectivity index (χ2v) is 3.92. The molecule has 14 heavy (non-hydrogen) atoms. The summed E-state index contributed by atoms with van der Waals surface area (Å²) in [6.45, 7) is 8.70. The number of hydrogen-bond acceptors (Lipinski definition) is 1. The maximum absolute atomic E-state index is 3.52. The molecular formula is C12H22N2. The summed E-state index contributed by atoms with van der Waals surface area (Å²) in [5.41, 5.74) is 1.38. The predicted octanol–water partition coefficient (Wildman–Crippen LogP) is 2.79. The SMILES string of the molecule is CCCC(C)NCc1ccn(CC)c1. The van der Waals surface area contributed by atoms with Crippen LogP contribution in [0.25, 0.3) is 0 Å². The van der Waals surface area contributed by atoms with Gasteiger partial charge in [0.15, 0.2) is 0 Å². The standard InChI is InChI=1S/C12H22N2/c1-4-6-11(3)13-9-12-7-8-14(5-2)10-12/h7-8,10-11,13H,4-6,9H2,1-3H3. The Kier molecular flexibility index (Phi) is 4.74. The van der Waals surface area contributed by atoms with Crippen LogP contribution in [-0.4, -0.2) is 10.6 Å². The number of nitrogens with zero attached hydrogens (tertiary/aromatic N) is 1. The molecule has 0 spiro atoms. The van der Waals surface area contributed by atoms with Crippen LogP contribution >= 0.6 is 0 Å². The van der Waals surface area contributed by atoms with E-state index in [0.717, 1.165) is 13.1 Å². The minimum atomic E-state index is 0.630. The predicted molar refractivity (Wildman–Crippen MR) is 61.3 cm³/mol. The molecule has 0 amide bonds. The third-order valence-electron chi connectivity index (χ3n) is 2.55. The van der Waals surface area contributed by atoms with Crippen molar-refractivity contribution in [1.29, 1.82) is 0 Å². The van der Waals surface area contributed by atoms with Crippen LogP contribution < -0.4 is 5.32 Å². The lowest BCUT2D eigenvalue weighted by Gasteiger charge is -2.11. The molecule has 1 atom stereocenters. The third-order valence-corrected chi connectivity index (χ3v) is 2.55. The highest BCUT2D eigenvalue weighted by Crippen LogP contribution is 2.02. The molecule has 0 saturated heterocycles. The van der Waals surface area contributed by atoms with Gasteiger partial charge in [-0.05, 0) is 31.9 Å². The molecule has 1 aromatic rings. The summed E-state index contributed by atoms with van der Waals surface area (Å²) in [5.74, 6) is 0. The van der Waals surface area contributed by atoms with Gasteiger partial charge in [0.1, 0.15) is 0 Å². The highest BCUT2D eigenvalue weighted by Gasteiger charge is 2.00. The maximum Gasteiger partial charge on any atom is 0.0223 e. The Hall–Kier alpha value is -0.760. The second kappa shape index (κ2) is 5.86. The molecule has 0 saturated carbocycles. The number of nitrogens with one attached hydrogen (secondary N) is 1. The van der Waals surface area contributed by atoms with Gasteiger partial charge in [0.25, 0.3) is 0 Å². The summed E-state index contributed by atoms with van der Waals surface area (Å²) in [6, 6.07) is 2.82. The van der Waals surface area contributed by atoms with Crippen molar-refractivity contribution in [3.8, 4) is 0 Å². The van der Waals surface area contributed by atoms with Crippen LogP contribution in [-0.2, 0) is 13.1 Å². The van der Waals surface area contributed by atoms with Gasteiger partial charge in [-0.3, -0.25) is 0 Å². The Bertz CT molecular complexity index is 253. The van der Waals surface area contributed by atoms with Gasteiger partial charge >= 0.3 is 0 Å². The van der Waals surface area contributed by atoms with Crippen molar-refractivity contribution in [2.45, 2.75) is 52.7 Å². The van der Waals surface area contributed by atoms with Gasteiger partial charge in [0, 0.05) is 31.5 Å². The Balaban J connectivity index is 2.30. The van der Waals surface area contributed by atoms with E-state index in [4.69, 9.17) is 0 Å². The van der Waals surface area contributed by atoms with Crippen molar-refractivity contribution in [3.05, 3.63) is 24.0 Å². The summed E-state index contributed by atoms with van der Waals surface area (Å²) in [7, 11) is 0. The maximum atomic E-state index is 3.52. The van der Waals surface area contributed by atoms with E-state index >= 15 is 0 Å². The topological polar surface area (TPSA) is 17.0 Å². The van der Waals surface area contributed by atoms with Crippen LogP contribution in [0, 0.1) is 0 Å². The molecule has 2 nitrogen and oxygen atoms in total. The van der Waals surface area contributed by atoms with Crippen molar-refractivity contribution >= 4 is 0 Å². The van der Waals surface area contributed by atoms with Crippen molar-refractivity contribution in [2.24, 2.45) is 0 Å². The van der Waals surface area contributed by atoms with Crippen LogP contribution in [0.4, 0.5) is 0 Å². The molecule has 0 aliphatic carbocycles. The number of aryl methyl sites for hydroxylation is 1. The molecule has 80 valence electrons. The minimum Gasteiger partial charge on any atom is -0.354 e. The summed E-state index contributed by atoms with van der Waals surface area (Å²) in [5, 5.41) is 3.52. The second-order valence-electron chi connectivity index (χ2n) is 3.92. The van der Waals surface area contributed by atoms with Crippen LogP contribution in [0.2, 0.25) is 0 Å². The van der Waals surface area contributed by atoms with E-state index in [9.17, 15) is 0 Å². The largest absolute Gasteiger partial charge is 0.354 e. The Labute approximate surface area is 87.3 Å². The van der Waals surface area contributed by atoms with E-state index < -0.39 is 0 Å². The van der Waals surface area contributed by atoms with Gasteiger partial charge in [0.05, 0.1) is 0 Å². The van der Waals surface area contributed by atoms with Gasteiger partial charge in [-0.2, -0.15) is 0 Å². The van der Waals surface area contributed by atoms with Crippen LogP contribution in [0.3, 0.4) is 0 Å². The zero-order valence-corrected chi connectivity index (χ0v) is 9.59. The normalized spacial score (nSPS) is 13.1. The molecule has 0 aromatic carbocycles. The van der Waals surface area contributed by atoms with Gasteiger partial charge in [-0.15, -0.1) is 0 Å². The van der Waals surface area contributed by atoms with E-state index in [1.165, 1.54) is 18.4 Å². The molecule has 0 radical (unpaired) electrons. The Morgan fingerprint density at radius 1 is 1.43 bits per heavy atom. The smallest absolute Gasteiger partial charge is 0.0223 e. The molecule has 1 heterocycles. The van der Waals surface area contributed by atoms with Crippen molar-refractivity contribution in [3.63, 3.8) is 0 Å². The first-order valence-electron chi connectivity index (χ1n) is 5.64. The zero-order chi connectivity index (χ0) is 10.4. The molecule has 0 fully saturated rings. The third kappa shape index (κ3) is 3.54. The summed E-state index contributed by atoms with van der Waals surface area (Å²) >= 11 is 0. The fraction of sp³-hybridized carbons (Fsp3) is 0.667. The molecule has 0 aliphatic rings. The first kappa shape index (κ1) is 11.3. The molecule has 1 N–H and O–H groups in total. The number of aromatic nitrogens is 1. The fourth-order valence-electron chi connectivity index (χ4n) is 1.62. The monoisotopic (exact) mass is 194 g/mol. The highest BCUT2D eigenvalue weighted by molar-refractivity contribution is 5.09. The molecule has 1 aromatic heterocycles. The average molecular weight is 194 g/mol. The molecule has 1 unspecified atom stereocenters. The first-order chi connectivity index (χ1) is 6.76. The van der Waals surface area contributed by atoms with Gasteiger partial charge in [0.2, 0.25) is 0 Å². The fourth-order valence-corrected chi connectivity index (χ4v) is 1.62. The van der Waals surface area contributed by atoms with Crippen LogP contribution in [0.15, 0.2) is 18.5 Å². The zero-order valence-electron chi connectivity index (χ0n) is 9.59. The van der Waals surface area contributed by atoms with Gasteiger partial charge in [-0.25, -0.2) is 0 Å².